The summed E-state index contributed by atoms with van der Waals surface area (Å²) >= 11 is 0. The number of carbonyl (C=O) groups excluding carboxylic acids is 2. The van der Waals surface area contributed by atoms with Crippen molar-refractivity contribution in [2.24, 2.45) is 11.8 Å². The minimum atomic E-state index is -0.860. The van der Waals surface area contributed by atoms with Crippen LogP contribution in [0.25, 0.3) is 0 Å². The lowest BCUT2D eigenvalue weighted by Gasteiger charge is -2.33. The molecule has 1 N–H and O–H groups in total. The second-order valence-electron chi connectivity index (χ2n) is 6.13. The number of nitrogens with zero attached hydrogens (tertiary/aromatic N) is 2. The lowest BCUT2D eigenvalue weighted by Crippen LogP contribution is -2.48. The first kappa shape index (κ1) is 16.7. The van der Waals surface area contributed by atoms with Crippen LogP contribution in [0.15, 0.2) is 0 Å². The lowest BCUT2D eigenvalue weighted by atomic mass is 9.98. The number of rotatable bonds is 4. The van der Waals surface area contributed by atoms with E-state index >= 15 is 0 Å². The van der Waals surface area contributed by atoms with Gasteiger partial charge in [0.25, 0.3) is 0 Å². The predicted molar refractivity (Wildman–Crippen MR) is 78.1 cm³/mol. The number of likely N-dealkylation sites (tertiary alicyclic amines) is 1. The van der Waals surface area contributed by atoms with Gasteiger partial charge >= 0.3 is 5.97 Å². The van der Waals surface area contributed by atoms with Gasteiger partial charge in [-0.15, -0.1) is 0 Å². The minimum Gasteiger partial charge on any atom is -0.481 e. The third-order valence-electron chi connectivity index (χ3n) is 4.38. The van der Waals surface area contributed by atoms with Crippen molar-refractivity contribution in [3.05, 3.63) is 0 Å². The van der Waals surface area contributed by atoms with Crippen LogP contribution in [-0.4, -0.2) is 72.6 Å². The number of amides is 2. The molecule has 2 aliphatic rings. The molecule has 0 unspecified atom stereocenters. The van der Waals surface area contributed by atoms with Gasteiger partial charge < -0.3 is 19.6 Å². The van der Waals surface area contributed by atoms with Crippen LogP contribution in [0, 0.1) is 11.8 Å². The summed E-state index contributed by atoms with van der Waals surface area (Å²) in [6.07, 6.45) is 2.96. The van der Waals surface area contributed by atoms with Crippen molar-refractivity contribution in [1.82, 2.24) is 9.80 Å². The topological polar surface area (TPSA) is 87.2 Å². The molecule has 7 nitrogen and oxygen atoms in total. The summed E-state index contributed by atoms with van der Waals surface area (Å²) in [5.74, 6) is -1.77. The fourth-order valence-corrected chi connectivity index (χ4v) is 3.03. The molecule has 2 saturated heterocycles. The van der Waals surface area contributed by atoms with Gasteiger partial charge in [-0.2, -0.15) is 0 Å². The van der Waals surface area contributed by atoms with E-state index in [-0.39, 0.29) is 30.8 Å². The molecular formula is C15H24N2O5. The number of likely N-dealkylation sites (N-methyl/N-ethyl adjacent to an activating group) is 1. The molecule has 0 radical (unpaired) electrons. The van der Waals surface area contributed by atoms with Crippen LogP contribution in [0.4, 0.5) is 0 Å². The Morgan fingerprint density at radius 3 is 2.59 bits per heavy atom. The van der Waals surface area contributed by atoms with Gasteiger partial charge in [0.1, 0.15) is 0 Å². The van der Waals surface area contributed by atoms with Crippen molar-refractivity contribution in [2.45, 2.75) is 25.7 Å². The van der Waals surface area contributed by atoms with Gasteiger partial charge in [-0.1, -0.05) is 0 Å². The van der Waals surface area contributed by atoms with Crippen LogP contribution in [0.2, 0.25) is 0 Å². The molecule has 0 aromatic rings. The maximum absolute atomic E-state index is 12.3. The first-order valence-corrected chi connectivity index (χ1v) is 7.82. The maximum atomic E-state index is 12.3. The number of carbonyl (C=O) groups is 3. The van der Waals surface area contributed by atoms with Gasteiger partial charge in [0, 0.05) is 26.7 Å². The fourth-order valence-electron chi connectivity index (χ4n) is 3.03. The number of hydrogen-bond acceptors (Lipinski definition) is 4. The van der Waals surface area contributed by atoms with Crippen molar-refractivity contribution in [3.8, 4) is 0 Å². The lowest BCUT2D eigenvalue weighted by molar-refractivity contribution is -0.148. The summed E-state index contributed by atoms with van der Waals surface area (Å²) < 4.78 is 5.31. The molecular weight excluding hydrogens is 288 g/mol. The summed E-state index contributed by atoms with van der Waals surface area (Å²) in [7, 11) is 1.62. The average molecular weight is 312 g/mol. The van der Waals surface area contributed by atoms with Gasteiger partial charge in [0.2, 0.25) is 11.8 Å². The Labute approximate surface area is 130 Å². The van der Waals surface area contributed by atoms with Crippen LogP contribution >= 0.6 is 0 Å². The number of ether oxygens (including phenoxy) is 1. The Morgan fingerprint density at radius 1 is 1.23 bits per heavy atom. The van der Waals surface area contributed by atoms with E-state index in [2.05, 4.69) is 0 Å². The van der Waals surface area contributed by atoms with Gasteiger partial charge in [-0.05, 0) is 25.7 Å². The Balaban J connectivity index is 1.84. The second-order valence-corrected chi connectivity index (χ2v) is 6.13. The molecule has 0 aromatic carbocycles. The number of carboxylic acids is 1. The third-order valence-corrected chi connectivity index (χ3v) is 4.38. The van der Waals surface area contributed by atoms with Crippen LogP contribution in [-0.2, 0) is 19.1 Å². The highest BCUT2D eigenvalue weighted by atomic mass is 16.5. The quantitative estimate of drug-likeness (QED) is 0.801. The van der Waals surface area contributed by atoms with Crippen molar-refractivity contribution in [1.29, 1.82) is 0 Å². The molecule has 0 saturated carbocycles. The standard InChI is InChI=1S/C15H24N2O5/c1-16(14(19)12-5-3-7-22-10-12)9-13(18)17-6-2-4-11(8-17)15(20)21/h11-12H,2-10H2,1H3,(H,20,21)/t11-,12-/m1/s1. The second kappa shape index (κ2) is 7.58. The summed E-state index contributed by atoms with van der Waals surface area (Å²) in [6.45, 7) is 1.92. The van der Waals surface area contributed by atoms with E-state index in [0.717, 1.165) is 12.8 Å². The summed E-state index contributed by atoms with van der Waals surface area (Å²) in [5, 5.41) is 9.06. The van der Waals surface area contributed by atoms with E-state index in [4.69, 9.17) is 9.84 Å². The van der Waals surface area contributed by atoms with Crippen LogP contribution in [0.1, 0.15) is 25.7 Å². The molecule has 124 valence electrons. The number of carboxylic acid groups (broad SMARTS) is 1. The Kier molecular flexibility index (Phi) is 5.76. The zero-order chi connectivity index (χ0) is 16.1. The molecule has 0 spiro atoms. The highest BCUT2D eigenvalue weighted by Crippen LogP contribution is 2.18. The highest BCUT2D eigenvalue weighted by molar-refractivity contribution is 5.86. The zero-order valence-electron chi connectivity index (χ0n) is 13.0. The monoisotopic (exact) mass is 312 g/mol. The van der Waals surface area contributed by atoms with Crippen LogP contribution in [0.5, 0.6) is 0 Å². The molecule has 2 fully saturated rings. The Bertz CT molecular complexity index is 434. The SMILES string of the molecule is CN(CC(=O)N1CCC[C@@H](C(=O)O)C1)C(=O)[C@@H]1CCCOC1. The van der Waals surface area contributed by atoms with E-state index in [1.807, 2.05) is 0 Å². The molecule has 2 rings (SSSR count). The van der Waals surface area contributed by atoms with E-state index in [9.17, 15) is 14.4 Å². The smallest absolute Gasteiger partial charge is 0.308 e. The van der Waals surface area contributed by atoms with Crippen molar-refractivity contribution in [3.63, 3.8) is 0 Å². The largest absolute Gasteiger partial charge is 0.481 e. The Morgan fingerprint density at radius 2 is 1.95 bits per heavy atom. The molecule has 0 aliphatic carbocycles. The molecule has 2 amide bonds. The summed E-state index contributed by atoms with van der Waals surface area (Å²) in [5.41, 5.74) is 0. The van der Waals surface area contributed by atoms with Crippen molar-refractivity contribution >= 4 is 17.8 Å². The van der Waals surface area contributed by atoms with E-state index in [1.54, 1.807) is 11.9 Å². The van der Waals surface area contributed by atoms with Gasteiger partial charge in [-0.25, -0.2) is 0 Å². The number of hydrogen-bond donors (Lipinski definition) is 1. The van der Waals surface area contributed by atoms with Crippen LogP contribution < -0.4 is 0 Å². The molecule has 7 heteroatoms. The van der Waals surface area contributed by atoms with Crippen molar-refractivity contribution in [2.75, 3.05) is 39.9 Å². The molecule has 2 atom stereocenters. The zero-order valence-corrected chi connectivity index (χ0v) is 13.0. The van der Waals surface area contributed by atoms with E-state index in [0.29, 0.717) is 32.6 Å². The predicted octanol–water partition coefficient (Wildman–Crippen LogP) is 0.195. The van der Waals surface area contributed by atoms with Gasteiger partial charge in [-0.3, -0.25) is 14.4 Å². The third kappa shape index (κ3) is 4.19. The van der Waals surface area contributed by atoms with Gasteiger partial charge in [0.05, 0.1) is 25.0 Å². The molecule has 0 aromatic heterocycles. The minimum absolute atomic E-state index is 0.00166. The van der Waals surface area contributed by atoms with Crippen molar-refractivity contribution < 1.29 is 24.2 Å². The number of piperidine rings is 1. The Hall–Kier alpha value is -1.63. The first-order valence-electron chi connectivity index (χ1n) is 7.82. The molecule has 2 aliphatic heterocycles. The number of aliphatic carboxylic acids is 1. The normalized spacial score (nSPS) is 25.6. The molecule has 22 heavy (non-hydrogen) atoms. The fraction of sp³-hybridized carbons (Fsp3) is 0.800. The van der Waals surface area contributed by atoms with E-state index in [1.165, 1.54) is 4.90 Å². The maximum Gasteiger partial charge on any atom is 0.308 e. The highest BCUT2D eigenvalue weighted by Gasteiger charge is 2.30. The first-order chi connectivity index (χ1) is 10.5. The molecule has 0 bridgehead atoms. The van der Waals surface area contributed by atoms with Crippen LogP contribution in [0.3, 0.4) is 0 Å². The average Bonchev–Trinajstić information content (AvgIpc) is 2.54. The van der Waals surface area contributed by atoms with E-state index < -0.39 is 11.9 Å². The summed E-state index contributed by atoms with van der Waals surface area (Å²) in [4.78, 5) is 38.6. The van der Waals surface area contributed by atoms with Gasteiger partial charge in [0.15, 0.2) is 0 Å². The summed E-state index contributed by atoms with van der Waals surface area (Å²) in [6, 6.07) is 0. The molecule has 2 heterocycles.